The van der Waals surface area contributed by atoms with Crippen LogP contribution in [-0.4, -0.2) is 20.2 Å². The zero-order valence-electron chi connectivity index (χ0n) is 11.0. The lowest BCUT2D eigenvalue weighted by atomic mass is 10.1. The Balaban J connectivity index is 1.94. The Morgan fingerprint density at radius 2 is 2.17 bits per heavy atom. The number of halogens is 1. The van der Waals surface area contributed by atoms with Crippen molar-refractivity contribution in [2.24, 2.45) is 5.92 Å². The first kappa shape index (κ1) is 13.9. The van der Waals surface area contributed by atoms with Gasteiger partial charge in [-0.2, -0.15) is 0 Å². The van der Waals surface area contributed by atoms with Gasteiger partial charge in [0.1, 0.15) is 0 Å². The molecule has 1 aliphatic rings. The Kier molecular flexibility index (Phi) is 5.48. The number of hydrogen-bond acceptors (Lipinski definition) is 2. The lowest BCUT2D eigenvalue weighted by molar-refractivity contribution is 0.0306. The van der Waals surface area contributed by atoms with Gasteiger partial charge in [-0.1, -0.05) is 36.6 Å². The van der Waals surface area contributed by atoms with Gasteiger partial charge in [-0.15, -0.1) is 0 Å². The minimum Gasteiger partial charge on any atom is -0.372 e. The highest BCUT2D eigenvalue weighted by Gasteiger charge is 2.18. The van der Waals surface area contributed by atoms with Gasteiger partial charge in [-0.05, 0) is 43.5 Å². The molecule has 1 unspecified atom stereocenters. The van der Waals surface area contributed by atoms with Crippen LogP contribution in [0.4, 0.5) is 0 Å². The molecule has 0 amide bonds. The molecule has 100 valence electrons. The molecule has 1 fully saturated rings. The van der Waals surface area contributed by atoms with Crippen molar-refractivity contribution in [3.63, 3.8) is 0 Å². The van der Waals surface area contributed by atoms with Crippen LogP contribution >= 0.6 is 11.6 Å². The van der Waals surface area contributed by atoms with Crippen LogP contribution in [-0.2, 0) is 4.74 Å². The smallest absolute Gasteiger partial charge is 0.0949 e. The normalized spacial score (nSPS) is 18.1. The summed E-state index contributed by atoms with van der Waals surface area (Å²) in [5.41, 5.74) is 1.16. The molecule has 1 N–H and O–H groups in total. The molecule has 1 saturated carbocycles. The third-order valence-electron chi connectivity index (χ3n) is 3.62. The monoisotopic (exact) mass is 267 g/mol. The van der Waals surface area contributed by atoms with E-state index in [4.69, 9.17) is 16.3 Å². The van der Waals surface area contributed by atoms with Gasteiger partial charge in [-0.3, -0.25) is 0 Å². The fraction of sp³-hybridized carbons (Fsp3) is 0.600. The van der Waals surface area contributed by atoms with Crippen molar-refractivity contribution in [1.29, 1.82) is 0 Å². The van der Waals surface area contributed by atoms with Crippen LogP contribution in [0.1, 0.15) is 37.4 Å². The number of likely N-dealkylation sites (N-methyl/N-ethyl adjacent to an activating group) is 1. The molecule has 18 heavy (non-hydrogen) atoms. The van der Waals surface area contributed by atoms with Crippen molar-refractivity contribution >= 4 is 11.6 Å². The highest BCUT2D eigenvalue weighted by molar-refractivity contribution is 6.30. The summed E-state index contributed by atoms with van der Waals surface area (Å²) in [6.07, 6.45) is 5.47. The summed E-state index contributed by atoms with van der Waals surface area (Å²) in [4.78, 5) is 0. The van der Waals surface area contributed by atoms with Crippen LogP contribution in [0.15, 0.2) is 24.3 Å². The maximum atomic E-state index is 6.09. The fourth-order valence-corrected chi connectivity index (χ4v) is 2.79. The van der Waals surface area contributed by atoms with Gasteiger partial charge in [0.05, 0.1) is 12.7 Å². The highest BCUT2D eigenvalue weighted by Crippen LogP contribution is 2.27. The second-order valence-electron chi connectivity index (χ2n) is 5.09. The summed E-state index contributed by atoms with van der Waals surface area (Å²) in [5.74, 6) is 0.753. The first-order chi connectivity index (χ1) is 8.79. The van der Waals surface area contributed by atoms with Crippen molar-refractivity contribution < 1.29 is 4.74 Å². The van der Waals surface area contributed by atoms with Crippen LogP contribution in [0.25, 0.3) is 0 Å². The molecule has 0 aliphatic heterocycles. The summed E-state index contributed by atoms with van der Waals surface area (Å²) >= 11 is 6.04. The molecule has 1 atom stereocenters. The number of nitrogens with one attached hydrogen (secondary N) is 1. The second-order valence-corrected chi connectivity index (χ2v) is 5.52. The Morgan fingerprint density at radius 3 is 2.83 bits per heavy atom. The molecule has 1 aromatic rings. The van der Waals surface area contributed by atoms with Gasteiger partial charge >= 0.3 is 0 Å². The first-order valence-electron chi connectivity index (χ1n) is 6.81. The van der Waals surface area contributed by atoms with Gasteiger partial charge in [0.2, 0.25) is 0 Å². The highest BCUT2D eigenvalue weighted by atomic mass is 35.5. The molecule has 0 spiro atoms. The van der Waals surface area contributed by atoms with Crippen LogP contribution in [0.3, 0.4) is 0 Å². The van der Waals surface area contributed by atoms with E-state index in [1.807, 2.05) is 25.2 Å². The van der Waals surface area contributed by atoms with Crippen molar-refractivity contribution in [1.82, 2.24) is 5.32 Å². The molecular formula is C15H22ClNO. The third kappa shape index (κ3) is 3.98. The lowest BCUT2D eigenvalue weighted by Crippen LogP contribution is -2.21. The Labute approximate surface area is 115 Å². The van der Waals surface area contributed by atoms with Crippen molar-refractivity contribution in [3.05, 3.63) is 34.9 Å². The molecule has 0 saturated heterocycles. The van der Waals surface area contributed by atoms with Crippen LogP contribution in [0, 0.1) is 5.92 Å². The maximum Gasteiger partial charge on any atom is 0.0949 e. The molecule has 1 aliphatic carbocycles. The van der Waals surface area contributed by atoms with E-state index in [1.165, 1.54) is 25.7 Å². The number of benzene rings is 1. The minimum atomic E-state index is 0.106. The van der Waals surface area contributed by atoms with E-state index in [1.54, 1.807) is 0 Å². The van der Waals surface area contributed by atoms with Crippen LogP contribution in [0.5, 0.6) is 0 Å². The Bertz CT molecular complexity index is 363. The van der Waals surface area contributed by atoms with Crippen molar-refractivity contribution in [2.75, 3.05) is 20.2 Å². The summed E-state index contributed by atoms with van der Waals surface area (Å²) in [7, 11) is 1.95. The number of hydrogen-bond donors (Lipinski definition) is 1. The molecule has 0 radical (unpaired) electrons. The van der Waals surface area contributed by atoms with Gasteiger partial charge in [0, 0.05) is 11.6 Å². The molecule has 0 aromatic heterocycles. The topological polar surface area (TPSA) is 21.3 Å². The molecular weight excluding hydrogens is 246 g/mol. The van der Waals surface area contributed by atoms with Crippen LogP contribution in [0.2, 0.25) is 5.02 Å². The van der Waals surface area contributed by atoms with Crippen molar-refractivity contribution in [3.8, 4) is 0 Å². The summed E-state index contributed by atoms with van der Waals surface area (Å²) < 4.78 is 6.09. The predicted molar refractivity (Wildman–Crippen MR) is 76.0 cm³/mol. The standard InChI is InChI=1S/C15H22ClNO/c1-17-10-15(13-7-4-8-14(16)9-13)18-11-12-5-2-3-6-12/h4,7-9,12,15,17H,2-3,5-6,10-11H2,1H3. The summed E-state index contributed by atoms with van der Waals surface area (Å²) in [5, 5.41) is 3.97. The van der Waals surface area contributed by atoms with Gasteiger partial charge in [0.25, 0.3) is 0 Å². The summed E-state index contributed by atoms with van der Waals surface area (Å²) in [6, 6.07) is 7.97. The van der Waals surface area contributed by atoms with E-state index in [0.29, 0.717) is 0 Å². The number of rotatable bonds is 6. The second kappa shape index (κ2) is 7.13. The minimum absolute atomic E-state index is 0.106. The Morgan fingerprint density at radius 1 is 1.39 bits per heavy atom. The zero-order chi connectivity index (χ0) is 12.8. The van der Waals surface area contributed by atoms with E-state index < -0.39 is 0 Å². The van der Waals surface area contributed by atoms with E-state index in [2.05, 4.69) is 11.4 Å². The van der Waals surface area contributed by atoms with Gasteiger partial charge in [-0.25, -0.2) is 0 Å². The first-order valence-corrected chi connectivity index (χ1v) is 7.19. The van der Waals surface area contributed by atoms with Gasteiger partial charge < -0.3 is 10.1 Å². The fourth-order valence-electron chi connectivity index (χ4n) is 2.59. The van der Waals surface area contributed by atoms with E-state index in [9.17, 15) is 0 Å². The maximum absolute atomic E-state index is 6.09. The average molecular weight is 268 g/mol. The molecule has 0 heterocycles. The molecule has 2 nitrogen and oxygen atoms in total. The van der Waals surface area contributed by atoms with Gasteiger partial charge in [0.15, 0.2) is 0 Å². The zero-order valence-corrected chi connectivity index (χ0v) is 11.7. The summed E-state index contributed by atoms with van der Waals surface area (Å²) in [6.45, 7) is 1.70. The molecule has 0 bridgehead atoms. The molecule has 3 heteroatoms. The Hall–Kier alpha value is -0.570. The van der Waals surface area contributed by atoms with E-state index in [-0.39, 0.29) is 6.10 Å². The van der Waals surface area contributed by atoms with E-state index in [0.717, 1.165) is 29.7 Å². The SMILES string of the molecule is CNCC(OCC1CCCC1)c1cccc(Cl)c1. The molecule has 2 rings (SSSR count). The van der Waals surface area contributed by atoms with Crippen LogP contribution < -0.4 is 5.32 Å². The third-order valence-corrected chi connectivity index (χ3v) is 3.85. The lowest BCUT2D eigenvalue weighted by Gasteiger charge is -2.20. The van der Waals surface area contributed by atoms with E-state index >= 15 is 0 Å². The predicted octanol–water partition coefficient (Wildman–Crippen LogP) is 3.81. The quantitative estimate of drug-likeness (QED) is 0.846. The number of ether oxygens (including phenoxy) is 1. The average Bonchev–Trinajstić information content (AvgIpc) is 2.87. The largest absolute Gasteiger partial charge is 0.372 e. The molecule has 1 aromatic carbocycles. The van der Waals surface area contributed by atoms with Crippen molar-refractivity contribution in [2.45, 2.75) is 31.8 Å².